The number of carbonyl (C=O) groups is 1. The monoisotopic (exact) mass is 397 g/mol. The molecule has 0 atom stereocenters. The van der Waals surface area contributed by atoms with Crippen LogP contribution < -0.4 is 25.8 Å². The van der Waals surface area contributed by atoms with Crippen molar-refractivity contribution in [1.82, 2.24) is 19.7 Å². The van der Waals surface area contributed by atoms with E-state index in [0.29, 0.717) is 17.3 Å². The molecule has 0 fully saturated rings. The summed E-state index contributed by atoms with van der Waals surface area (Å²) >= 11 is 0. The van der Waals surface area contributed by atoms with Crippen LogP contribution in [0.25, 0.3) is 11.4 Å². The SMILES string of the molecule is COc1ccc(-c2nn(CCNC(=O)Nc3cccc(OC)c3)c(=O)n2C)cc1. The zero-order valence-corrected chi connectivity index (χ0v) is 16.5. The van der Waals surface area contributed by atoms with Gasteiger partial charge in [0.05, 0.1) is 20.8 Å². The van der Waals surface area contributed by atoms with Crippen molar-refractivity contribution >= 4 is 11.7 Å². The van der Waals surface area contributed by atoms with Crippen LogP contribution in [-0.4, -0.2) is 41.1 Å². The van der Waals surface area contributed by atoms with Crippen molar-refractivity contribution in [3.05, 3.63) is 59.0 Å². The zero-order chi connectivity index (χ0) is 20.8. The maximum Gasteiger partial charge on any atom is 0.345 e. The molecule has 0 aliphatic rings. The minimum atomic E-state index is -0.377. The highest BCUT2D eigenvalue weighted by Crippen LogP contribution is 2.19. The summed E-state index contributed by atoms with van der Waals surface area (Å²) in [5.74, 6) is 1.91. The highest BCUT2D eigenvalue weighted by molar-refractivity contribution is 5.89. The molecule has 1 aromatic heterocycles. The van der Waals surface area contributed by atoms with Gasteiger partial charge in [-0.15, -0.1) is 5.10 Å². The maximum absolute atomic E-state index is 12.4. The standard InChI is InChI=1S/C20H23N5O4/c1-24-18(14-7-9-16(28-2)10-8-14)23-25(20(24)27)12-11-21-19(26)22-15-5-4-6-17(13-15)29-3/h4-10,13H,11-12H2,1-3H3,(H2,21,22,26). The first-order chi connectivity index (χ1) is 14.0. The molecule has 0 unspecified atom stereocenters. The van der Waals surface area contributed by atoms with Crippen LogP contribution in [0.15, 0.2) is 53.3 Å². The van der Waals surface area contributed by atoms with Crippen LogP contribution in [0.5, 0.6) is 11.5 Å². The third-order valence-corrected chi connectivity index (χ3v) is 4.33. The van der Waals surface area contributed by atoms with Crippen molar-refractivity contribution < 1.29 is 14.3 Å². The highest BCUT2D eigenvalue weighted by Gasteiger charge is 2.12. The lowest BCUT2D eigenvalue weighted by atomic mass is 10.2. The molecule has 29 heavy (non-hydrogen) atoms. The molecule has 0 aliphatic heterocycles. The van der Waals surface area contributed by atoms with Crippen LogP contribution in [0.4, 0.5) is 10.5 Å². The summed E-state index contributed by atoms with van der Waals surface area (Å²) in [6.45, 7) is 0.489. The molecule has 2 aromatic carbocycles. The molecule has 0 radical (unpaired) electrons. The number of nitrogens with one attached hydrogen (secondary N) is 2. The van der Waals surface area contributed by atoms with Crippen molar-refractivity contribution in [3.8, 4) is 22.9 Å². The van der Waals surface area contributed by atoms with Crippen molar-refractivity contribution in [2.45, 2.75) is 6.54 Å². The summed E-state index contributed by atoms with van der Waals surface area (Å²) in [5.41, 5.74) is 1.15. The number of urea groups is 1. The van der Waals surface area contributed by atoms with E-state index in [2.05, 4.69) is 15.7 Å². The van der Waals surface area contributed by atoms with E-state index in [9.17, 15) is 9.59 Å². The Morgan fingerprint density at radius 1 is 1.07 bits per heavy atom. The Morgan fingerprint density at radius 2 is 1.79 bits per heavy atom. The quantitative estimate of drug-likeness (QED) is 0.636. The zero-order valence-electron chi connectivity index (χ0n) is 16.5. The number of ether oxygens (including phenoxy) is 2. The maximum atomic E-state index is 12.4. The van der Waals surface area contributed by atoms with E-state index < -0.39 is 0 Å². The highest BCUT2D eigenvalue weighted by atomic mass is 16.5. The first kappa shape index (κ1) is 20.0. The van der Waals surface area contributed by atoms with Gasteiger partial charge in [-0.1, -0.05) is 6.07 Å². The van der Waals surface area contributed by atoms with Gasteiger partial charge in [0.15, 0.2) is 5.82 Å². The van der Waals surface area contributed by atoms with Gasteiger partial charge in [-0.25, -0.2) is 14.3 Å². The number of carbonyl (C=O) groups excluding carboxylic acids is 1. The molecule has 1 heterocycles. The second-order valence-electron chi connectivity index (χ2n) is 6.23. The number of hydrogen-bond donors (Lipinski definition) is 2. The Labute approximate surface area is 167 Å². The molecule has 0 spiro atoms. The summed E-state index contributed by atoms with van der Waals surface area (Å²) in [6, 6.07) is 14.0. The molecule has 0 aliphatic carbocycles. The van der Waals surface area contributed by atoms with E-state index in [0.717, 1.165) is 11.3 Å². The van der Waals surface area contributed by atoms with E-state index >= 15 is 0 Å². The predicted octanol–water partition coefficient (Wildman–Crippen LogP) is 2.09. The minimum absolute atomic E-state index is 0.244. The van der Waals surface area contributed by atoms with Crippen LogP contribution in [0.1, 0.15) is 0 Å². The molecule has 3 rings (SSSR count). The number of hydrogen-bond acceptors (Lipinski definition) is 5. The number of aromatic nitrogens is 3. The van der Waals surface area contributed by atoms with Gasteiger partial charge >= 0.3 is 11.7 Å². The predicted molar refractivity (Wildman–Crippen MR) is 109 cm³/mol. The lowest BCUT2D eigenvalue weighted by molar-refractivity contribution is 0.251. The fourth-order valence-corrected chi connectivity index (χ4v) is 2.78. The largest absolute Gasteiger partial charge is 0.497 e. The van der Waals surface area contributed by atoms with Crippen LogP contribution >= 0.6 is 0 Å². The molecule has 0 saturated heterocycles. The van der Waals surface area contributed by atoms with Gasteiger partial charge in [0, 0.05) is 30.9 Å². The number of anilines is 1. The van der Waals surface area contributed by atoms with Gasteiger partial charge in [0.2, 0.25) is 0 Å². The average Bonchev–Trinajstić information content (AvgIpc) is 3.02. The van der Waals surface area contributed by atoms with Gasteiger partial charge in [-0.3, -0.25) is 4.57 Å². The molecule has 152 valence electrons. The molecule has 3 aromatic rings. The Bertz CT molecular complexity index is 1040. The van der Waals surface area contributed by atoms with E-state index in [1.165, 1.54) is 9.25 Å². The lowest BCUT2D eigenvalue weighted by Gasteiger charge is -2.08. The summed E-state index contributed by atoms with van der Waals surface area (Å²) in [5, 5.41) is 9.80. The summed E-state index contributed by atoms with van der Waals surface area (Å²) in [7, 11) is 4.81. The van der Waals surface area contributed by atoms with Gasteiger partial charge < -0.3 is 20.1 Å². The molecular formula is C20H23N5O4. The molecule has 0 bridgehead atoms. The summed E-state index contributed by atoms with van der Waals surface area (Å²) in [6.07, 6.45) is 0. The third kappa shape index (κ3) is 4.75. The second-order valence-corrected chi connectivity index (χ2v) is 6.23. The van der Waals surface area contributed by atoms with Crippen LogP contribution in [-0.2, 0) is 13.6 Å². The lowest BCUT2D eigenvalue weighted by Crippen LogP contribution is -2.34. The topological polar surface area (TPSA) is 99.4 Å². The van der Waals surface area contributed by atoms with Gasteiger partial charge in [0.1, 0.15) is 11.5 Å². The van der Waals surface area contributed by atoms with E-state index in [-0.39, 0.29) is 24.8 Å². The molecule has 2 amide bonds. The van der Waals surface area contributed by atoms with E-state index in [1.807, 2.05) is 24.3 Å². The Morgan fingerprint density at radius 3 is 2.48 bits per heavy atom. The normalized spacial score (nSPS) is 10.4. The van der Waals surface area contributed by atoms with Crippen molar-refractivity contribution in [2.75, 3.05) is 26.1 Å². The smallest absolute Gasteiger partial charge is 0.345 e. The van der Waals surface area contributed by atoms with Crippen LogP contribution in [0.2, 0.25) is 0 Å². The van der Waals surface area contributed by atoms with Crippen molar-refractivity contribution in [2.24, 2.45) is 7.05 Å². The molecule has 9 heteroatoms. The second kappa shape index (κ2) is 8.96. The number of methoxy groups -OCH3 is 2. The minimum Gasteiger partial charge on any atom is -0.497 e. The number of nitrogens with zero attached hydrogens (tertiary/aromatic N) is 3. The molecule has 9 nitrogen and oxygen atoms in total. The molecule has 2 N–H and O–H groups in total. The fraction of sp³-hybridized carbons (Fsp3) is 0.250. The number of benzene rings is 2. The summed E-state index contributed by atoms with van der Waals surface area (Å²) < 4.78 is 13.1. The first-order valence-electron chi connectivity index (χ1n) is 8.99. The van der Waals surface area contributed by atoms with Crippen LogP contribution in [0.3, 0.4) is 0 Å². The Balaban J connectivity index is 1.60. The van der Waals surface area contributed by atoms with E-state index in [1.54, 1.807) is 45.5 Å². The van der Waals surface area contributed by atoms with Crippen molar-refractivity contribution in [3.63, 3.8) is 0 Å². The van der Waals surface area contributed by atoms with Gasteiger partial charge in [-0.05, 0) is 36.4 Å². The molecular weight excluding hydrogens is 374 g/mol. The first-order valence-corrected chi connectivity index (χ1v) is 8.99. The Hall–Kier alpha value is -3.75. The number of rotatable bonds is 7. The summed E-state index contributed by atoms with van der Waals surface area (Å²) in [4.78, 5) is 24.5. The van der Waals surface area contributed by atoms with E-state index in [4.69, 9.17) is 9.47 Å². The fourth-order valence-electron chi connectivity index (χ4n) is 2.78. The third-order valence-electron chi connectivity index (χ3n) is 4.33. The Kier molecular flexibility index (Phi) is 6.18. The van der Waals surface area contributed by atoms with Crippen LogP contribution in [0, 0.1) is 0 Å². The van der Waals surface area contributed by atoms with Crippen molar-refractivity contribution in [1.29, 1.82) is 0 Å². The van der Waals surface area contributed by atoms with Gasteiger partial charge in [0.25, 0.3) is 0 Å². The number of amides is 2. The average molecular weight is 397 g/mol. The van der Waals surface area contributed by atoms with Gasteiger partial charge in [-0.2, -0.15) is 0 Å². The molecule has 0 saturated carbocycles.